The molecule has 2 aliphatic carbocycles. The Morgan fingerprint density at radius 1 is 1.06 bits per heavy atom. The zero-order valence-corrected chi connectivity index (χ0v) is 17.5. The summed E-state index contributed by atoms with van der Waals surface area (Å²) in [5.41, 5.74) is 8.17. The molecule has 152 valence electrons. The van der Waals surface area contributed by atoms with E-state index in [4.69, 9.17) is 15.2 Å². The molecule has 0 atom stereocenters. The van der Waals surface area contributed by atoms with Crippen LogP contribution in [0.1, 0.15) is 66.2 Å². The van der Waals surface area contributed by atoms with Gasteiger partial charge >= 0.3 is 0 Å². The summed E-state index contributed by atoms with van der Waals surface area (Å²) in [5, 5.41) is 9.16. The Kier molecular flexibility index (Phi) is 3.97. The Hall–Kier alpha value is -3.52. The summed E-state index contributed by atoms with van der Waals surface area (Å²) < 4.78 is 0. The van der Waals surface area contributed by atoms with Gasteiger partial charge in [-0.05, 0) is 61.4 Å². The number of aromatic amines is 1. The van der Waals surface area contributed by atoms with Crippen LogP contribution < -0.4 is 0 Å². The fraction of sp³-hybridized carbons (Fsp3) is 0.308. The van der Waals surface area contributed by atoms with Crippen molar-refractivity contribution in [2.45, 2.75) is 50.4 Å². The zero-order valence-electron chi connectivity index (χ0n) is 17.5. The second kappa shape index (κ2) is 6.75. The maximum Gasteiger partial charge on any atom is 0.177 e. The highest BCUT2D eigenvalue weighted by molar-refractivity contribution is 5.73. The number of aryl methyl sites for hydroxylation is 1. The van der Waals surface area contributed by atoms with Crippen molar-refractivity contribution in [2.75, 3.05) is 0 Å². The molecule has 31 heavy (non-hydrogen) atoms. The van der Waals surface area contributed by atoms with Crippen LogP contribution in [0.15, 0.2) is 48.8 Å². The average Bonchev–Trinajstić information content (AvgIpc) is 3.53. The monoisotopic (exact) mass is 405 g/mol. The van der Waals surface area contributed by atoms with Crippen LogP contribution in [0, 0.1) is 18.3 Å². The summed E-state index contributed by atoms with van der Waals surface area (Å²) in [6, 6.07) is 15.1. The van der Waals surface area contributed by atoms with Crippen LogP contribution in [0.3, 0.4) is 0 Å². The number of nitriles is 1. The molecule has 0 radical (unpaired) electrons. The first-order valence-corrected chi connectivity index (χ1v) is 11.0. The van der Waals surface area contributed by atoms with Crippen molar-refractivity contribution in [1.82, 2.24) is 19.9 Å². The number of fused-ring (bicyclic) bond motifs is 1. The molecule has 6 rings (SSSR count). The van der Waals surface area contributed by atoms with Gasteiger partial charge in [-0.3, -0.25) is 4.98 Å². The SMILES string of the molecule is Cc1cc(C2CC2)ncc1-c1ccc(C2(c3nc4ncc(C#N)cc4[nH]3)CCC2)cc1. The molecule has 3 heterocycles. The first-order valence-electron chi connectivity index (χ1n) is 11.0. The molecule has 0 spiro atoms. The minimum absolute atomic E-state index is 0.102. The van der Waals surface area contributed by atoms with Gasteiger partial charge in [0.2, 0.25) is 0 Å². The second-order valence-corrected chi connectivity index (χ2v) is 9.00. The molecule has 2 aliphatic rings. The Labute approximate surface area is 181 Å². The van der Waals surface area contributed by atoms with Gasteiger partial charge in [-0.1, -0.05) is 30.7 Å². The minimum atomic E-state index is -0.102. The Bertz CT molecular complexity index is 1330. The van der Waals surface area contributed by atoms with Gasteiger partial charge in [-0.2, -0.15) is 5.26 Å². The smallest absolute Gasteiger partial charge is 0.177 e. The molecule has 1 N–H and O–H groups in total. The predicted octanol–water partition coefficient (Wildman–Crippen LogP) is 5.55. The third-order valence-electron chi connectivity index (χ3n) is 7.00. The molecule has 0 unspecified atom stereocenters. The number of nitrogens with one attached hydrogen (secondary N) is 1. The van der Waals surface area contributed by atoms with Crippen LogP contribution in [-0.4, -0.2) is 19.9 Å². The predicted molar refractivity (Wildman–Crippen MR) is 120 cm³/mol. The van der Waals surface area contributed by atoms with Gasteiger partial charge in [0, 0.05) is 29.6 Å². The Balaban J connectivity index is 1.35. The number of rotatable bonds is 4. The number of aromatic nitrogens is 4. The zero-order chi connectivity index (χ0) is 21.0. The minimum Gasteiger partial charge on any atom is -0.340 e. The average molecular weight is 406 g/mol. The van der Waals surface area contributed by atoms with Gasteiger partial charge in [0.25, 0.3) is 0 Å². The molecule has 4 aromatic rings. The molecular formula is C26H23N5. The number of hydrogen-bond acceptors (Lipinski definition) is 4. The lowest BCUT2D eigenvalue weighted by Gasteiger charge is -2.40. The van der Waals surface area contributed by atoms with Gasteiger partial charge < -0.3 is 4.98 Å². The maximum atomic E-state index is 9.16. The van der Waals surface area contributed by atoms with Crippen molar-refractivity contribution in [3.8, 4) is 17.2 Å². The lowest BCUT2D eigenvalue weighted by molar-refractivity contribution is 0.287. The van der Waals surface area contributed by atoms with Gasteiger partial charge in [0.05, 0.1) is 16.5 Å². The molecule has 0 saturated heterocycles. The topological polar surface area (TPSA) is 78.2 Å². The molecule has 1 aromatic carbocycles. The van der Waals surface area contributed by atoms with Gasteiger partial charge in [0.1, 0.15) is 11.9 Å². The van der Waals surface area contributed by atoms with E-state index >= 15 is 0 Å². The summed E-state index contributed by atoms with van der Waals surface area (Å²) in [5.74, 6) is 1.63. The molecule has 5 heteroatoms. The normalized spacial score (nSPS) is 17.3. The van der Waals surface area contributed by atoms with E-state index in [1.165, 1.54) is 47.2 Å². The summed E-state index contributed by atoms with van der Waals surface area (Å²) in [6.07, 6.45) is 9.48. The van der Waals surface area contributed by atoms with E-state index in [1.54, 1.807) is 6.20 Å². The van der Waals surface area contributed by atoms with E-state index in [0.29, 0.717) is 17.1 Å². The number of imidazole rings is 1. The van der Waals surface area contributed by atoms with Crippen molar-refractivity contribution in [3.63, 3.8) is 0 Å². The molecule has 3 aromatic heterocycles. The van der Waals surface area contributed by atoms with E-state index in [1.807, 2.05) is 12.3 Å². The maximum absolute atomic E-state index is 9.16. The van der Waals surface area contributed by atoms with Crippen molar-refractivity contribution >= 4 is 11.2 Å². The van der Waals surface area contributed by atoms with Crippen LogP contribution in [0.5, 0.6) is 0 Å². The highest BCUT2D eigenvalue weighted by Crippen LogP contribution is 2.48. The lowest BCUT2D eigenvalue weighted by Crippen LogP contribution is -2.36. The van der Waals surface area contributed by atoms with Crippen molar-refractivity contribution in [3.05, 3.63) is 77.0 Å². The number of pyridine rings is 2. The van der Waals surface area contributed by atoms with Crippen molar-refractivity contribution in [1.29, 1.82) is 5.26 Å². The third kappa shape index (κ3) is 2.94. The van der Waals surface area contributed by atoms with Crippen LogP contribution in [0.2, 0.25) is 0 Å². The number of hydrogen-bond donors (Lipinski definition) is 1. The fourth-order valence-corrected chi connectivity index (χ4v) is 4.83. The van der Waals surface area contributed by atoms with Crippen molar-refractivity contribution in [2.24, 2.45) is 0 Å². The van der Waals surface area contributed by atoms with Gasteiger partial charge in [0.15, 0.2) is 5.65 Å². The molecular weight excluding hydrogens is 382 g/mol. The molecule has 5 nitrogen and oxygen atoms in total. The Morgan fingerprint density at radius 3 is 2.52 bits per heavy atom. The summed E-state index contributed by atoms with van der Waals surface area (Å²) in [4.78, 5) is 17.3. The molecule has 0 amide bonds. The summed E-state index contributed by atoms with van der Waals surface area (Å²) in [6.45, 7) is 2.18. The second-order valence-electron chi connectivity index (χ2n) is 9.00. The van der Waals surface area contributed by atoms with E-state index in [9.17, 15) is 0 Å². The lowest BCUT2D eigenvalue weighted by atomic mass is 9.64. The summed E-state index contributed by atoms with van der Waals surface area (Å²) in [7, 11) is 0. The summed E-state index contributed by atoms with van der Waals surface area (Å²) >= 11 is 0. The highest BCUT2D eigenvalue weighted by atomic mass is 15.0. The molecule has 2 fully saturated rings. The fourth-order valence-electron chi connectivity index (χ4n) is 4.83. The van der Waals surface area contributed by atoms with Gasteiger partial charge in [-0.15, -0.1) is 0 Å². The molecule has 0 aliphatic heterocycles. The molecule has 0 bridgehead atoms. The number of H-pyrrole nitrogens is 1. The van der Waals surface area contributed by atoms with E-state index in [-0.39, 0.29) is 5.41 Å². The van der Waals surface area contributed by atoms with E-state index in [0.717, 1.165) is 24.2 Å². The number of nitrogens with zero attached hydrogens (tertiary/aromatic N) is 4. The largest absolute Gasteiger partial charge is 0.340 e. The van der Waals surface area contributed by atoms with Crippen LogP contribution in [0.25, 0.3) is 22.3 Å². The van der Waals surface area contributed by atoms with Crippen LogP contribution in [0.4, 0.5) is 0 Å². The highest BCUT2D eigenvalue weighted by Gasteiger charge is 2.43. The quantitative estimate of drug-likeness (QED) is 0.483. The first-order chi connectivity index (χ1) is 15.2. The van der Waals surface area contributed by atoms with Crippen LogP contribution >= 0.6 is 0 Å². The number of benzene rings is 1. The van der Waals surface area contributed by atoms with Gasteiger partial charge in [-0.25, -0.2) is 9.97 Å². The van der Waals surface area contributed by atoms with Crippen molar-refractivity contribution < 1.29 is 0 Å². The molecule has 2 saturated carbocycles. The standard InChI is InChI=1S/C26H23N5/c1-16-11-22(19-3-4-19)28-15-21(16)18-5-7-20(8-6-18)26(9-2-10-26)25-30-23-12-17(13-27)14-29-24(23)31-25/h5-8,11-12,14-15,19H,2-4,9-10H2,1H3,(H,29,30,31). The van der Waals surface area contributed by atoms with Crippen LogP contribution in [-0.2, 0) is 5.41 Å². The van der Waals surface area contributed by atoms with E-state index in [2.05, 4.69) is 53.3 Å². The Morgan fingerprint density at radius 2 is 1.87 bits per heavy atom. The van der Waals surface area contributed by atoms with E-state index < -0.39 is 0 Å². The third-order valence-corrected chi connectivity index (χ3v) is 7.00. The first kappa shape index (κ1) is 18.3.